The number of halogens is 1. The number of nitrogens with one attached hydrogen (secondary N) is 1. The van der Waals surface area contributed by atoms with E-state index in [1.807, 2.05) is 12.1 Å². The number of hydrogen-bond donors (Lipinski definition) is 1. The molecular formula is C9H9ClN2O2. The van der Waals surface area contributed by atoms with E-state index in [4.69, 9.17) is 11.6 Å². The second-order valence-electron chi connectivity index (χ2n) is 2.61. The molecule has 0 saturated carbocycles. The average molecular weight is 213 g/mol. The van der Waals surface area contributed by atoms with Gasteiger partial charge in [0, 0.05) is 11.6 Å². The third kappa shape index (κ3) is 3.91. The van der Waals surface area contributed by atoms with Gasteiger partial charge in [0.25, 0.3) is 0 Å². The number of benzene rings is 1. The Morgan fingerprint density at radius 1 is 1.43 bits per heavy atom. The predicted molar refractivity (Wildman–Crippen MR) is 54.4 cm³/mol. The van der Waals surface area contributed by atoms with Gasteiger partial charge in [0.1, 0.15) is 0 Å². The molecule has 0 fully saturated rings. The highest BCUT2D eigenvalue weighted by molar-refractivity contribution is 6.30. The molecule has 0 saturated heterocycles. The molecule has 1 rings (SSSR count). The van der Waals surface area contributed by atoms with Gasteiger partial charge in [-0.3, -0.25) is 10.1 Å². The van der Waals surface area contributed by atoms with Crippen LogP contribution in [0.4, 0.5) is 0 Å². The van der Waals surface area contributed by atoms with Crippen molar-refractivity contribution in [2.24, 2.45) is 0 Å². The largest absolute Gasteiger partial charge is 0.382 e. The van der Waals surface area contributed by atoms with Crippen molar-refractivity contribution in [1.29, 1.82) is 0 Å². The summed E-state index contributed by atoms with van der Waals surface area (Å²) >= 11 is 5.69. The minimum absolute atomic E-state index is 0.519. The third-order valence-electron chi connectivity index (χ3n) is 1.53. The fourth-order valence-electron chi connectivity index (χ4n) is 0.893. The van der Waals surface area contributed by atoms with Gasteiger partial charge in [-0.05, 0) is 17.7 Å². The Bertz CT molecular complexity index is 335. The molecular weight excluding hydrogens is 204 g/mol. The predicted octanol–water partition coefficient (Wildman–Crippen LogP) is 2.18. The molecule has 0 heterocycles. The maximum Gasteiger partial charge on any atom is 0.249 e. The molecule has 0 spiro atoms. The van der Waals surface area contributed by atoms with Gasteiger partial charge in [0.15, 0.2) is 0 Å². The lowest BCUT2D eigenvalue weighted by Gasteiger charge is -1.99. The minimum Gasteiger partial charge on any atom is -0.382 e. The summed E-state index contributed by atoms with van der Waals surface area (Å²) in [5.41, 5.74) is 1.02. The first-order chi connectivity index (χ1) is 6.68. The molecule has 0 amide bonds. The van der Waals surface area contributed by atoms with Crippen LogP contribution in [0.25, 0.3) is 0 Å². The molecule has 5 heteroatoms. The minimum atomic E-state index is -0.519. The molecule has 0 atom stereocenters. The summed E-state index contributed by atoms with van der Waals surface area (Å²) in [4.78, 5) is 9.40. The van der Waals surface area contributed by atoms with Crippen molar-refractivity contribution < 1.29 is 4.92 Å². The Balaban J connectivity index is 2.39. The van der Waals surface area contributed by atoms with Crippen molar-refractivity contribution in [3.8, 4) is 0 Å². The molecule has 1 aromatic rings. The van der Waals surface area contributed by atoms with E-state index >= 15 is 0 Å². The molecule has 1 N–H and O–H groups in total. The number of rotatable bonds is 4. The van der Waals surface area contributed by atoms with Gasteiger partial charge in [0.2, 0.25) is 6.20 Å². The zero-order valence-corrected chi connectivity index (χ0v) is 8.07. The fourth-order valence-corrected chi connectivity index (χ4v) is 1.02. The Labute approximate surface area is 86.3 Å². The van der Waals surface area contributed by atoms with Crippen LogP contribution in [0.15, 0.2) is 36.7 Å². The van der Waals surface area contributed by atoms with Gasteiger partial charge in [-0.2, -0.15) is 0 Å². The van der Waals surface area contributed by atoms with Gasteiger partial charge in [-0.25, -0.2) is 0 Å². The van der Waals surface area contributed by atoms with E-state index in [-0.39, 0.29) is 0 Å². The molecule has 74 valence electrons. The highest BCUT2D eigenvalue weighted by atomic mass is 35.5. The monoisotopic (exact) mass is 212 g/mol. The van der Waals surface area contributed by atoms with E-state index in [0.717, 1.165) is 11.8 Å². The second-order valence-corrected chi connectivity index (χ2v) is 3.04. The van der Waals surface area contributed by atoms with Crippen LogP contribution < -0.4 is 5.32 Å². The summed E-state index contributed by atoms with van der Waals surface area (Å²) in [7, 11) is 0. The maximum absolute atomic E-state index is 9.92. The van der Waals surface area contributed by atoms with Crippen molar-refractivity contribution in [3.05, 3.63) is 57.4 Å². The maximum atomic E-state index is 9.92. The molecule has 0 bridgehead atoms. The Hall–Kier alpha value is -1.55. The lowest BCUT2D eigenvalue weighted by Crippen LogP contribution is -2.04. The van der Waals surface area contributed by atoms with E-state index < -0.39 is 4.92 Å². The standard InChI is InChI=1S/C9H9ClN2O2/c10-9-3-1-8(2-4-9)7-11-5-6-12(13)14/h1-6,11H,7H2. The molecule has 0 aromatic heterocycles. The van der Waals surface area contributed by atoms with E-state index in [0.29, 0.717) is 11.6 Å². The van der Waals surface area contributed by atoms with E-state index in [9.17, 15) is 10.1 Å². The first kappa shape index (κ1) is 10.5. The zero-order chi connectivity index (χ0) is 10.4. The second kappa shape index (κ2) is 5.24. The zero-order valence-electron chi connectivity index (χ0n) is 7.31. The smallest absolute Gasteiger partial charge is 0.249 e. The Morgan fingerprint density at radius 2 is 2.07 bits per heavy atom. The molecule has 0 aliphatic heterocycles. The van der Waals surface area contributed by atoms with Gasteiger partial charge >= 0.3 is 0 Å². The molecule has 0 aliphatic rings. The SMILES string of the molecule is O=[N+]([O-])C=CNCc1ccc(Cl)cc1. The number of nitro groups is 1. The lowest BCUT2D eigenvalue weighted by atomic mass is 10.2. The van der Waals surface area contributed by atoms with Crippen LogP contribution in [0.1, 0.15) is 5.56 Å². The van der Waals surface area contributed by atoms with Crippen LogP contribution >= 0.6 is 11.6 Å². The third-order valence-corrected chi connectivity index (χ3v) is 1.79. The van der Waals surface area contributed by atoms with Gasteiger partial charge in [0.05, 0.1) is 11.1 Å². The molecule has 0 unspecified atom stereocenters. The van der Waals surface area contributed by atoms with Gasteiger partial charge in [-0.15, -0.1) is 0 Å². The van der Waals surface area contributed by atoms with Gasteiger partial charge in [-0.1, -0.05) is 23.7 Å². The quantitative estimate of drug-likeness (QED) is 0.615. The van der Waals surface area contributed by atoms with Crippen molar-refractivity contribution in [1.82, 2.24) is 5.32 Å². The van der Waals surface area contributed by atoms with E-state index in [1.165, 1.54) is 6.20 Å². The molecule has 0 aliphatic carbocycles. The van der Waals surface area contributed by atoms with Crippen molar-refractivity contribution in [2.75, 3.05) is 0 Å². The summed E-state index contributed by atoms with van der Waals surface area (Å²) in [5.74, 6) is 0. The normalized spacial score (nSPS) is 10.4. The molecule has 14 heavy (non-hydrogen) atoms. The first-order valence-corrected chi connectivity index (χ1v) is 4.34. The summed E-state index contributed by atoms with van der Waals surface area (Å²) in [5, 5.41) is 13.4. The van der Waals surface area contributed by atoms with Crippen LogP contribution in [0.5, 0.6) is 0 Å². The van der Waals surface area contributed by atoms with Crippen LogP contribution in [0.3, 0.4) is 0 Å². The van der Waals surface area contributed by atoms with E-state index in [2.05, 4.69) is 5.32 Å². The summed E-state index contributed by atoms with van der Waals surface area (Å²) < 4.78 is 0. The fraction of sp³-hybridized carbons (Fsp3) is 0.111. The number of hydrogen-bond acceptors (Lipinski definition) is 3. The Morgan fingerprint density at radius 3 is 2.64 bits per heavy atom. The Kier molecular flexibility index (Phi) is 3.94. The first-order valence-electron chi connectivity index (χ1n) is 3.96. The highest BCUT2D eigenvalue weighted by Gasteiger charge is 1.91. The van der Waals surface area contributed by atoms with Crippen LogP contribution in [-0.4, -0.2) is 4.92 Å². The van der Waals surface area contributed by atoms with Crippen LogP contribution in [0.2, 0.25) is 5.02 Å². The lowest BCUT2D eigenvalue weighted by molar-refractivity contribution is -0.402. The number of nitrogens with zero attached hydrogens (tertiary/aromatic N) is 1. The van der Waals surface area contributed by atoms with Crippen molar-refractivity contribution in [2.45, 2.75) is 6.54 Å². The van der Waals surface area contributed by atoms with Crippen LogP contribution in [0, 0.1) is 10.1 Å². The highest BCUT2D eigenvalue weighted by Crippen LogP contribution is 2.08. The van der Waals surface area contributed by atoms with E-state index in [1.54, 1.807) is 12.1 Å². The van der Waals surface area contributed by atoms with Gasteiger partial charge < -0.3 is 5.32 Å². The van der Waals surface area contributed by atoms with Crippen molar-refractivity contribution in [3.63, 3.8) is 0 Å². The average Bonchev–Trinajstić information content (AvgIpc) is 2.15. The van der Waals surface area contributed by atoms with Crippen LogP contribution in [-0.2, 0) is 6.54 Å². The topological polar surface area (TPSA) is 55.2 Å². The molecule has 1 aromatic carbocycles. The summed E-state index contributed by atoms with van der Waals surface area (Å²) in [6, 6.07) is 7.26. The molecule has 4 nitrogen and oxygen atoms in total. The molecule has 0 radical (unpaired) electrons. The van der Waals surface area contributed by atoms with Crippen molar-refractivity contribution >= 4 is 11.6 Å². The summed E-state index contributed by atoms with van der Waals surface area (Å²) in [6.07, 6.45) is 2.16. The summed E-state index contributed by atoms with van der Waals surface area (Å²) in [6.45, 7) is 0.543.